The zero-order valence-electron chi connectivity index (χ0n) is 12.5. The second-order valence-corrected chi connectivity index (χ2v) is 8.35. The summed E-state index contributed by atoms with van der Waals surface area (Å²) in [6.45, 7) is 5.39. The quantitative estimate of drug-likeness (QED) is 0.809. The van der Waals surface area contributed by atoms with E-state index < -0.39 is 21.7 Å². The number of hydrogen-bond donors (Lipinski definition) is 0. The molecular weight excluding hydrogens is 328 g/mol. The van der Waals surface area contributed by atoms with Crippen LogP contribution in [0.5, 0.6) is 0 Å². The number of rotatable bonds is 5. The van der Waals surface area contributed by atoms with Crippen molar-refractivity contribution in [3.05, 3.63) is 46.8 Å². The minimum atomic E-state index is -3.81. The monoisotopic (exact) mass is 345 g/mol. The Morgan fingerprint density at radius 1 is 1.18 bits per heavy atom. The molecule has 1 heterocycles. The molecule has 1 aromatic carbocycles. The fourth-order valence-corrected chi connectivity index (χ4v) is 5.16. The van der Waals surface area contributed by atoms with Crippen molar-refractivity contribution in [3.8, 4) is 0 Å². The van der Waals surface area contributed by atoms with E-state index in [-0.39, 0.29) is 15.9 Å². The Kier molecular flexibility index (Phi) is 4.87. The van der Waals surface area contributed by atoms with Gasteiger partial charge in [0, 0.05) is 17.0 Å². The van der Waals surface area contributed by atoms with Crippen molar-refractivity contribution in [3.63, 3.8) is 0 Å². The molecule has 22 heavy (non-hydrogen) atoms. The standard InChI is InChI=1S/C15H17F2NO2S2/c1-4-10(2)18(12-6-7-13(16)14(17)9-12)22(19,20)15-8-5-11(3)21-15/h5-10H,4H2,1-3H3/t10-/m1/s1. The molecule has 2 rings (SSSR count). The molecule has 0 aliphatic rings. The van der Waals surface area contributed by atoms with E-state index in [1.54, 1.807) is 13.0 Å². The lowest BCUT2D eigenvalue weighted by atomic mass is 10.2. The van der Waals surface area contributed by atoms with Crippen LogP contribution >= 0.6 is 11.3 Å². The third kappa shape index (κ3) is 3.15. The Morgan fingerprint density at radius 2 is 1.86 bits per heavy atom. The van der Waals surface area contributed by atoms with Crippen LogP contribution in [0.15, 0.2) is 34.5 Å². The molecule has 0 aliphatic carbocycles. The van der Waals surface area contributed by atoms with Gasteiger partial charge in [0.15, 0.2) is 11.6 Å². The Hall–Kier alpha value is -1.47. The number of halogens is 2. The van der Waals surface area contributed by atoms with Crippen molar-refractivity contribution in [2.24, 2.45) is 0 Å². The predicted octanol–water partition coefficient (Wildman–Crippen LogP) is 4.33. The van der Waals surface area contributed by atoms with Crippen molar-refractivity contribution in [1.82, 2.24) is 0 Å². The van der Waals surface area contributed by atoms with Gasteiger partial charge < -0.3 is 0 Å². The van der Waals surface area contributed by atoms with Gasteiger partial charge in [-0.15, -0.1) is 11.3 Å². The highest BCUT2D eigenvalue weighted by molar-refractivity contribution is 7.94. The lowest BCUT2D eigenvalue weighted by Crippen LogP contribution is -2.38. The molecule has 120 valence electrons. The number of aryl methyl sites for hydroxylation is 1. The van der Waals surface area contributed by atoms with Crippen molar-refractivity contribution < 1.29 is 17.2 Å². The molecule has 1 aromatic heterocycles. The smallest absolute Gasteiger partial charge is 0.263 e. The van der Waals surface area contributed by atoms with Crippen LogP contribution in [-0.2, 0) is 10.0 Å². The second kappa shape index (κ2) is 6.34. The van der Waals surface area contributed by atoms with E-state index in [0.29, 0.717) is 6.42 Å². The zero-order valence-corrected chi connectivity index (χ0v) is 14.1. The van der Waals surface area contributed by atoms with Gasteiger partial charge in [-0.3, -0.25) is 4.31 Å². The van der Waals surface area contributed by atoms with E-state index in [0.717, 1.165) is 32.7 Å². The minimum absolute atomic E-state index is 0.124. The van der Waals surface area contributed by atoms with Gasteiger partial charge in [-0.2, -0.15) is 0 Å². The maximum absolute atomic E-state index is 13.5. The van der Waals surface area contributed by atoms with Crippen molar-refractivity contribution in [2.45, 2.75) is 37.4 Å². The number of nitrogens with zero attached hydrogens (tertiary/aromatic N) is 1. The summed E-state index contributed by atoms with van der Waals surface area (Å²) in [7, 11) is -3.81. The normalized spacial score (nSPS) is 13.1. The van der Waals surface area contributed by atoms with Gasteiger partial charge in [0.2, 0.25) is 0 Å². The zero-order chi connectivity index (χ0) is 16.5. The maximum Gasteiger partial charge on any atom is 0.274 e. The molecule has 0 bridgehead atoms. The molecule has 0 aliphatic heterocycles. The first kappa shape index (κ1) is 16.9. The molecule has 3 nitrogen and oxygen atoms in total. The summed E-state index contributed by atoms with van der Waals surface area (Å²) in [5.41, 5.74) is 0.124. The van der Waals surface area contributed by atoms with Crippen LogP contribution in [0.3, 0.4) is 0 Å². The van der Waals surface area contributed by atoms with Gasteiger partial charge in [0.1, 0.15) is 4.21 Å². The maximum atomic E-state index is 13.5. The molecule has 0 saturated carbocycles. The number of anilines is 1. The fourth-order valence-electron chi connectivity index (χ4n) is 2.07. The Morgan fingerprint density at radius 3 is 2.36 bits per heavy atom. The fraction of sp³-hybridized carbons (Fsp3) is 0.333. The third-order valence-corrected chi connectivity index (χ3v) is 6.79. The van der Waals surface area contributed by atoms with Gasteiger partial charge in [-0.25, -0.2) is 17.2 Å². The second-order valence-electron chi connectivity index (χ2n) is 5.02. The number of benzene rings is 1. The molecule has 0 saturated heterocycles. The Balaban J connectivity index is 2.57. The Labute approximate surface area is 133 Å². The first-order valence-corrected chi connectivity index (χ1v) is 9.09. The van der Waals surface area contributed by atoms with E-state index in [4.69, 9.17) is 0 Å². The molecule has 0 fully saturated rings. The summed E-state index contributed by atoms with van der Waals surface area (Å²) in [5, 5.41) is 0. The summed E-state index contributed by atoms with van der Waals surface area (Å²) >= 11 is 1.16. The van der Waals surface area contributed by atoms with Crippen molar-refractivity contribution in [1.29, 1.82) is 0 Å². The highest BCUT2D eigenvalue weighted by Gasteiger charge is 2.30. The van der Waals surface area contributed by atoms with Gasteiger partial charge in [-0.05, 0) is 44.5 Å². The van der Waals surface area contributed by atoms with Crippen LogP contribution < -0.4 is 4.31 Å². The molecule has 2 aromatic rings. The van der Waals surface area contributed by atoms with Crippen molar-refractivity contribution in [2.75, 3.05) is 4.31 Å². The molecular formula is C15H17F2NO2S2. The van der Waals surface area contributed by atoms with Crippen LogP contribution in [0.25, 0.3) is 0 Å². The van der Waals surface area contributed by atoms with Gasteiger partial charge in [-0.1, -0.05) is 6.92 Å². The predicted molar refractivity (Wildman–Crippen MR) is 84.8 cm³/mol. The topological polar surface area (TPSA) is 37.4 Å². The first-order chi connectivity index (χ1) is 10.3. The third-order valence-electron chi connectivity index (χ3n) is 3.38. The lowest BCUT2D eigenvalue weighted by molar-refractivity contribution is 0.508. The molecule has 0 unspecified atom stereocenters. The molecule has 0 spiro atoms. The van der Waals surface area contributed by atoms with E-state index in [9.17, 15) is 17.2 Å². The van der Waals surface area contributed by atoms with Crippen LogP contribution in [0.2, 0.25) is 0 Å². The average Bonchev–Trinajstić information content (AvgIpc) is 2.90. The average molecular weight is 345 g/mol. The first-order valence-electron chi connectivity index (χ1n) is 6.83. The van der Waals surface area contributed by atoms with E-state index in [1.165, 1.54) is 12.1 Å². The van der Waals surface area contributed by atoms with Gasteiger partial charge >= 0.3 is 0 Å². The SMILES string of the molecule is CC[C@@H](C)N(c1ccc(F)c(F)c1)S(=O)(=O)c1ccc(C)s1. The van der Waals surface area contributed by atoms with Gasteiger partial charge in [0.05, 0.1) is 5.69 Å². The summed E-state index contributed by atoms with van der Waals surface area (Å²) in [5.74, 6) is -2.07. The van der Waals surface area contributed by atoms with Gasteiger partial charge in [0.25, 0.3) is 10.0 Å². The summed E-state index contributed by atoms with van der Waals surface area (Å²) < 4.78 is 53.7. The van der Waals surface area contributed by atoms with E-state index in [2.05, 4.69) is 0 Å². The Bertz CT molecular complexity index is 772. The highest BCUT2D eigenvalue weighted by Crippen LogP contribution is 2.31. The minimum Gasteiger partial charge on any atom is -0.263 e. The highest BCUT2D eigenvalue weighted by atomic mass is 32.2. The van der Waals surface area contributed by atoms with Crippen LogP contribution in [-0.4, -0.2) is 14.5 Å². The summed E-state index contributed by atoms with van der Waals surface area (Å²) in [6, 6.07) is 6.01. The molecule has 7 heteroatoms. The molecule has 0 N–H and O–H groups in total. The molecule has 1 atom stereocenters. The van der Waals surface area contributed by atoms with E-state index >= 15 is 0 Å². The molecule has 0 amide bonds. The largest absolute Gasteiger partial charge is 0.274 e. The van der Waals surface area contributed by atoms with Crippen LogP contribution in [0, 0.1) is 18.6 Å². The van der Waals surface area contributed by atoms with Crippen molar-refractivity contribution >= 4 is 27.0 Å². The van der Waals surface area contributed by atoms with Crippen LogP contribution in [0.1, 0.15) is 25.1 Å². The number of hydrogen-bond acceptors (Lipinski definition) is 3. The summed E-state index contributed by atoms with van der Waals surface area (Å²) in [6.07, 6.45) is 0.544. The van der Waals surface area contributed by atoms with E-state index in [1.807, 2.05) is 13.8 Å². The number of sulfonamides is 1. The lowest BCUT2D eigenvalue weighted by Gasteiger charge is -2.29. The number of thiophene rings is 1. The molecule has 0 radical (unpaired) electrons. The summed E-state index contributed by atoms with van der Waals surface area (Å²) in [4.78, 5) is 0.868. The van der Waals surface area contributed by atoms with Crippen LogP contribution in [0.4, 0.5) is 14.5 Å².